The van der Waals surface area contributed by atoms with Crippen molar-refractivity contribution in [2.24, 2.45) is 5.73 Å². The average Bonchev–Trinajstić information content (AvgIpc) is 2.46. The summed E-state index contributed by atoms with van der Waals surface area (Å²) in [5.74, 6) is 0. The Hall–Kier alpha value is -1.26. The highest BCUT2D eigenvalue weighted by atomic mass is 16.5. The predicted octanol–water partition coefficient (Wildman–Crippen LogP) is 2.23. The van der Waals surface area contributed by atoms with Crippen LogP contribution in [0.2, 0.25) is 0 Å². The fraction of sp³-hybridized carbons (Fsp3) is 0.647. The summed E-state index contributed by atoms with van der Waals surface area (Å²) in [4.78, 5) is 4.89. The molecule has 116 valence electrons. The lowest BCUT2D eigenvalue weighted by atomic mass is 9.81. The van der Waals surface area contributed by atoms with Gasteiger partial charge >= 0.3 is 0 Å². The first kappa shape index (κ1) is 14.7. The van der Waals surface area contributed by atoms with E-state index in [0.29, 0.717) is 6.54 Å². The van der Waals surface area contributed by atoms with Gasteiger partial charge in [0.15, 0.2) is 0 Å². The van der Waals surface area contributed by atoms with Crippen molar-refractivity contribution >= 4 is 11.4 Å². The van der Waals surface area contributed by atoms with Gasteiger partial charge in [0.1, 0.15) is 0 Å². The number of ether oxygens (including phenoxy) is 1. The molecule has 2 N–H and O–H groups in total. The van der Waals surface area contributed by atoms with Gasteiger partial charge in [-0.05, 0) is 38.8 Å². The summed E-state index contributed by atoms with van der Waals surface area (Å²) in [5.41, 5.74) is 8.92. The Kier molecular flexibility index (Phi) is 3.84. The first-order valence-corrected chi connectivity index (χ1v) is 7.99. The Morgan fingerprint density at radius 1 is 1.14 bits per heavy atom. The van der Waals surface area contributed by atoms with E-state index in [0.717, 1.165) is 25.9 Å². The Balaban J connectivity index is 2.00. The first-order valence-electron chi connectivity index (χ1n) is 7.99. The number of para-hydroxylation sites is 2. The minimum atomic E-state index is 0.0223. The van der Waals surface area contributed by atoms with Crippen molar-refractivity contribution in [3.8, 4) is 0 Å². The van der Waals surface area contributed by atoms with Crippen molar-refractivity contribution in [2.45, 2.75) is 44.4 Å². The number of hydrogen-bond donors (Lipinski definition) is 1. The van der Waals surface area contributed by atoms with Crippen LogP contribution < -0.4 is 15.5 Å². The van der Waals surface area contributed by atoms with Gasteiger partial charge in [0, 0.05) is 26.7 Å². The van der Waals surface area contributed by atoms with Crippen LogP contribution in [0.15, 0.2) is 24.3 Å². The molecule has 0 bridgehead atoms. The summed E-state index contributed by atoms with van der Waals surface area (Å²) in [7, 11) is 2.17. The molecule has 2 atom stereocenters. The number of nitrogens with two attached hydrogens (primary N) is 1. The molecule has 0 amide bonds. The van der Waals surface area contributed by atoms with E-state index < -0.39 is 0 Å². The van der Waals surface area contributed by atoms with Gasteiger partial charge in [-0.25, -0.2) is 0 Å². The molecule has 4 heteroatoms. The standard InChI is InChI=1S/C17H27N3O/c1-13-10-17(12-18,11-14(2)21-13)20-9-8-19(3)15-6-4-5-7-16(15)20/h4-7,13-14H,8-12,18H2,1-3H3. The zero-order valence-electron chi connectivity index (χ0n) is 13.4. The largest absolute Gasteiger partial charge is 0.375 e. The summed E-state index contributed by atoms with van der Waals surface area (Å²) < 4.78 is 5.95. The monoisotopic (exact) mass is 289 g/mol. The Morgan fingerprint density at radius 3 is 2.38 bits per heavy atom. The second-order valence-corrected chi connectivity index (χ2v) is 6.66. The highest BCUT2D eigenvalue weighted by molar-refractivity contribution is 5.74. The van der Waals surface area contributed by atoms with Crippen molar-refractivity contribution in [1.29, 1.82) is 0 Å². The first-order chi connectivity index (χ1) is 10.1. The number of benzene rings is 1. The molecule has 2 heterocycles. The van der Waals surface area contributed by atoms with Crippen LogP contribution in [0.4, 0.5) is 11.4 Å². The van der Waals surface area contributed by atoms with Crippen LogP contribution in [0.5, 0.6) is 0 Å². The Morgan fingerprint density at radius 2 is 1.76 bits per heavy atom. The minimum Gasteiger partial charge on any atom is -0.375 e. The molecule has 1 saturated heterocycles. The van der Waals surface area contributed by atoms with E-state index in [1.165, 1.54) is 11.4 Å². The predicted molar refractivity (Wildman–Crippen MR) is 88.1 cm³/mol. The quantitative estimate of drug-likeness (QED) is 0.906. The molecule has 2 aliphatic rings. The van der Waals surface area contributed by atoms with Gasteiger partial charge in [-0.2, -0.15) is 0 Å². The SMILES string of the molecule is CC1CC(CN)(N2CCN(C)c3ccccc32)CC(C)O1. The van der Waals surface area contributed by atoms with E-state index in [2.05, 4.69) is 55.0 Å². The van der Waals surface area contributed by atoms with Gasteiger partial charge in [-0.15, -0.1) is 0 Å². The molecule has 2 unspecified atom stereocenters. The fourth-order valence-electron chi connectivity index (χ4n) is 4.14. The lowest BCUT2D eigenvalue weighted by molar-refractivity contribution is -0.0600. The highest BCUT2D eigenvalue weighted by Crippen LogP contribution is 2.41. The highest BCUT2D eigenvalue weighted by Gasteiger charge is 2.44. The molecule has 1 aromatic rings. The second-order valence-electron chi connectivity index (χ2n) is 6.66. The van der Waals surface area contributed by atoms with E-state index in [9.17, 15) is 0 Å². The van der Waals surface area contributed by atoms with Gasteiger partial charge in [0.05, 0.1) is 29.1 Å². The van der Waals surface area contributed by atoms with E-state index in [1.807, 2.05) is 0 Å². The summed E-state index contributed by atoms with van der Waals surface area (Å²) in [5, 5.41) is 0. The summed E-state index contributed by atoms with van der Waals surface area (Å²) in [6.07, 6.45) is 2.55. The number of hydrogen-bond acceptors (Lipinski definition) is 4. The van der Waals surface area contributed by atoms with Crippen molar-refractivity contribution in [1.82, 2.24) is 0 Å². The van der Waals surface area contributed by atoms with Crippen LogP contribution in [0.25, 0.3) is 0 Å². The molecule has 0 aromatic heterocycles. The molecular weight excluding hydrogens is 262 g/mol. The van der Waals surface area contributed by atoms with Crippen LogP contribution in [-0.4, -0.2) is 44.4 Å². The molecule has 3 rings (SSSR count). The number of anilines is 2. The lowest BCUT2D eigenvalue weighted by Crippen LogP contribution is -2.62. The zero-order valence-corrected chi connectivity index (χ0v) is 13.4. The number of nitrogens with zero attached hydrogens (tertiary/aromatic N) is 2. The van der Waals surface area contributed by atoms with Gasteiger partial charge in [-0.1, -0.05) is 12.1 Å². The molecule has 0 radical (unpaired) electrons. The third kappa shape index (κ3) is 2.51. The Labute approximate surface area is 127 Å². The van der Waals surface area contributed by atoms with Crippen LogP contribution in [0, 0.1) is 0 Å². The van der Waals surface area contributed by atoms with Gasteiger partial charge in [-0.3, -0.25) is 0 Å². The van der Waals surface area contributed by atoms with Gasteiger partial charge in [0.25, 0.3) is 0 Å². The molecule has 21 heavy (non-hydrogen) atoms. The molecule has 0 aliphatic carbocycles. The molecule has 0 saturated carbocycles. The topological polar surface area (TPSA) is 41.7 Å². The molecule has 2 aliphatic heterocycles. The fourth-order valence-corrected chi connectivity index (χ4v) is 4.14. The summed E-state index contributed by atoms with van der Waals surface area (Å²) in [6, 6.07) is 8.68. The van der Waals surface area contributed by atoms with Crippen LogP contribution in [0.3, 0.4) is 0 Å². The molecule has 1 aromatic carbocycles. The molecule has 1 fully saturated rings. The smallest absolute Gasteiger partial charge is 0.0609 e. The normalized spacial score (nSPS) is 33.0. The third-order valence-electron chi connectivity index (χ3n) is 4.99. The average molecular weight is 289 g/mol. The zero-order chi connectivity index (χ0) is 15.0. The second kappa shape index (κ2) is 5.50. The molecule has 0 spiro atoms. The number of fused-ring (bicyclic) bond motifs is 1. The Bertz CT molecular complexity index is 495. The maximum Gasteiger partial charge on any atom is 0.0609 e. The summed E-state index contributed by atoms with van der Waals surface area (Å²) in [6.45, 7) is 7.10. The number of rotatable bonds is 2. The molecular formula is C17H27N3O. The van der Waals surface area contributed by atoms with Crippen molar-refractivity contribution in [3.63, 3.8) is 0 Å². The van der Waals surface area contributed by atoms with Gasteiger partial charge < -0.3 is 20.3 Å². The van der Waals surface area contributed by atoms with E-state index >= 15 is 0 Å². The van der Waals surface area contributed by atoms with Crippen LogP contribution >= 0.6 is 0 Å². The summed E-state index contributed by atoms with van der Waals surface area (Å²) >= 11 is 0. The van der Waals surface area contributed by atoms with Gasteiger partial charge in [0.2, 0.25) is 0 Å². The van der Waals surface area contributed by atoms with Crippen LogP contribution in [-0.2, 0) is 4.74 Å². The van der Waals surface area contributed by atoms with E-state index in [1.54, 1.807) is 0 Å². The molecule has 4 nitrogen and oxygen atoms in total. The van der Waals surface area contributed by atoms with Crippen molar-refractivity contribution in [3.05, 3.63) is 24.3 Å². The van der Waals surface area contributed by atoms with E-state index in [4.69, 9.17) is 10.5 Å². The van der Waals surface area contributed by atoms with Crippen LogP contribution in [0.1, 0.15) is 26.7 Å². The van der Waals surface area contributed by atoms with Crippen molar-refractivity contribution in [2.75, 3.05) is 36.5 Å². The maximum absolute atomic E-state index is 6.27. The number of likely N-dealkylation sites (N-methyl/N-ethyl adjacent to an activating group) is 1. The van der Waals surface area contributed by atoms with E-state index in [-0.39, 0.29) is 17.7 Å². The lowest BCUT2D eigenvalue weighted by Gasteiger charge is -2.53. The maximum atomic E-state index is 6.27. The van der Waals surface area contributed by atoms with Crippen molar-refractivity contribution < 1.29 is 4.74 Å². The minimum absolute atomic E-state index is 0.0223. The third-order valence-corrected chi connectivity index (χ3v) is 4.99.